The van der Waals surface area contributed by atoms with E-state index in [0.717, 1.165) is 21.6 Å². The number of benzene rings is 1. The normalized spacial score (nSPS) is 12.5. The lowest BCUT2D eigenvalue weighted by Crippen LogP contribution is -2.05. The highest BCUT2D eigenvalue weighted by atomic mass is 32.1. The van der Waals surface area contributed by atoms with Crippen LogP contribution in [-0.4, -0.2) is 9.97 Å². The van der Waals surface area contributed by atoms with Crippen LogP contribution in [0.1, 0.15) is 18.0 Å². The Morgan fingerprint density at radius 3 is 2.94 bits per heavy atom. The summed E-state index contributed by atoms with van der Waals surface area (Å²) in [6.07, 6.45) is 3.65. The fraction of sp³-hybridized carbons (Fsp3) is 0.143. The van der Waals surface area contributed by atoms with Crippen molar-refractivity contribution in [2.24, 2.45) is 0 Å². The quantitative estimate of drug-likeness (QED) is 0.772. The second-order valence-corrected chi connectivity index (χ2v) is 5.07. The average molecular weight is 255 g/mol. The van der Waals surface area contributed by atoms with Gasteiger partial charge in [0, 0.05) is 28.8 Å². The summed E-state index contributed by atoms with van der Waals surface area (Å²) in [6.45, 7) is 2.12. The second kappa shape index (κ2) is 4.74. The number of aromatic nitrogens is 2. The van der Waals surface area contributed by atoms with Crippen LogP contribution in [0, 0.1) is 0 Å². The lowest BCUT2D eigenvalue weighted by Gasteiger charge is -2.13. The summed E-state index contributed by atoms with van der Waals surface area (Å²) >= 11 is 1.67. The molecule has 1 aromatic carbocycles. The number of nitrogens with zero attached hydrogens (tertiary/aromatic N) is 2. The number of nitrogens with one attached hydrogen (secondary N) is 1. The molecule has 0 saturated carbocycles. The van der Waals surface area contributed by atoms with Gasteiger partial charge in [-0.05, 0) is 31.2 Å². The molecule has 3 aromatic rings. The Labute approximate surface area is 110 Å². The third-order valence-electron chi connectivity index (χ3n) is 2.81. The molecule has 0 saturated heterocycles. The highest BCUT2D eigenvalue weighted by Gasteiger charge is 2.07. The van der Waals surface area contributed by atoms with Crippen molar-refractivity contribution in [1.29, 1.82) is 0 Å². The van der Waals surface area contributed by atoms with E-state index in [-0.39, 0.29) is 6.04 Å². The molecule has 90 valence electrons. The maximum Gasteiger partial charge on any atom is 0.115 e. The minimum Gasteiger partial charge on any atom is -0.376 e. The van der Waals surface area contributed by atoms with Crippen LogP contribution in [0.3, 0.4) is 0 Å². The van der Waals surface area contributed by atoms with E-state index in [2.05, 4.69) is 40.4 Å². The molecule has 0 aliphatic carbocycles. The highest BCUT2D eigenvalue weighted by molar-refractivity contribution is 7.09. The molecule has 0 bridgehead atoms. The fourth-order valence-corrected chi connectivity index (χ4v) is 2.57. The molecule has 1 unspecified atom stereocenters. The molecule has 18 heavy (non-hydrogen) atoms. The summed E-state index contributed by atoms with van der Waals surface area (Å²) in [7, 11) is 0. The van der Waals surface area contributed by atoms with Crippen LogP contribution < -0.4 is 5.32 Å². The van der Waals surface area contributed by atoms with Gasteiger partial charge in [-0.1, -0.05) is 6.07 Å². The van der Waals surface area contributed by atoms with Crippen molar-refractivity contribution in [3.8, 4) is 0 Å². The standard InChI is InChI=1S/C14H13N3S/c1-10(14-16-7-8-18-14)17-12-4-5-13-11(9-12)3-2-6-15-13/h2-10,17H,1H3. The van der Waals surface area contributed by atoms with Crippen molar-refractivity contribution >= 4 is 27.9 Å². The first kappa shape index (κ1) is 11.2. The Balaban J connectivity index is 1.86. The van der Waals surface area contributed by atoms with Crippen LogP contribution in [0.5, 0.6) is 0 Å². The lowest BCUT2D eigenvalue weighted by atomic mass is 10.2. The van der Waals surface area contributed by atoms with Crippen molar-refractivity contribution in [3.63, 3.8) is 0 Å². The molecular formula is C14H13N3S. The predicted molar refractivity (Wildman–Crippen MR) is 75.9 cm³/mol. The maximum absolute atomic E-state index is 4.32. The van der Waals surface area contributed by atoms with E-state index in [1.807, 2.05) is 29.9 Å². The minimum absolute atomic E-state index is 0.221. The van der Waals surface area contributed by atoms with Crippen molar-refractivity contribution in [1.82, 2.24) is 9.97 Å². The van der Waals surface area contributed by atoms with E-state index >= 15 is 0 Å². The smallest absolute Gasteiger partial charge is 0.115 e. The molecule has 1 N–H and O–H groups in total. The first-order chi connectivity index (χ1) is 8.83. The number of thiazole rings is 1. The Morgan fingerprint density at radius 2 is 2.11 bits per heavy atom. The summed E-state index contributed by atoms with van der Waals surface area (Å²) in [4.78, 5) is 8.63. The van der Waals surface area contributed by atoms with Crippen molar-refractivity contribution in [2.45, 2.75) is 13.0 Å². The van der Waals surface area contributed by atoms with E-state index in [9.17, 15) is 0 Å². The third-order valence-corrected chi connectivity index (χ3v) is 3.77. The molecule has 4 heteroatoms. The molecule has 0 radical (unpaired) electrons. The lowest BCUT2D eigenvalue weighted by molar-refractivity contribution is 0.870. The van der Waals surface area contributed by atoms with Gasteiger partial charge in [0.05, 0.1) is 11.6 Å². The van der Waals surface area contributed by atoms with Gasteiger partial charge in [0.2, 0.25) is 0 Å². The second-order valence-electron chi connectivity index (χ2n) is 4.15. The van der Waals surface area contributed by atoms with Crippen molar-refractivity contribution in [2.75, 3.05) is 5.32 Å². The Kier molecular flexibility index (Phi) is 2.94. The van der Waals surface area contributed by atoms with Gasteiger partial charge in [0.15, 0.2) is 0 Å². The molecule has 0 fully saturated rings. The van der Waals surface area contributed by atoms with Crippen LogP contribution in [0.4, 0.5) is 5.69 Å². The summed E-state index contributed by atoms with van der Waals surface area (Å²) in [6, 6.07) is 10.5. The molecule has 0 aliphatic heterocycles. The van der Waals surface area contributed by atoms with Gasteiger partial charge in [-0.3, -0.25) is 4.98 Å². The summed E-state index contributed by atoms with van der Waals surface area (Å²) in [5.41, 5.74) is 2.11. The average Bonchev–Trinajstić information content (AvgIpc) is 2.92. The molecule has 1 atom stereocenters. The zero-order valence-electron chi connectivity index (χ0n) is 10.00. The number of rotatable bonds is 3. The minimum atomic E-state index is 0.221. The van der Waals surface area contributed by atoms with Gasteiger partial charge in [0.25, 0.3) is 0 Å². The molecule has 3 nitrogen and oxygen atoms in total. The number of hydrogen-bond donors (Lipinski definition) is 1. The van der Waals surface area contributed by atoms with Crippen LogP contribution in [-0.2, 0) is 0 Å². The molecule has 2 aromatic heterocycles. The molecule has 2 heterocycles. The van der Waals surface area contributed by atoms with E-state index < -0.39 is 0 Å². The van der Waals surface area contributed by atoms with Crippen LogP contribution in [0.15, 0.2) is 48.1 Å². The van der Waals surface area contributed by atoms with Crippen LogP contribution in [0.2, 0.25) is 0 Å². The maximum atomic E-state index is 4.32. The number of pyridine rings is 1. The molecular weight excluding hydrogens is 242 g/mol. The van der Waals surface area contributed by atoms with E-state index in [1.54, 1.807) is 11.3 Å². The fourth-order valence-electron chi connectivity index (χ4n) is 1.93. The zero-order chi connectivity index (χ0) is 12.4. The number of hydrogen-bond acceptors (Lipinski definition) is 4. The molecule has 0 spiro atoms. The first-order valence-electron chi connectivity index (χ1n) is 5.83. The highest BCUT2D eigenvalue weighted by Crippen LogP contribution is 2.23. The van der Waals surface area contributed by atoms with Gasteiger partial charge in [-0.15, -0.1) is 11.3 Å². The van der Waals surface area contributed by atoms with Gasteiger partial charge < -0.3 is 5.32 Å². The topological polar surface area (TPSA) is 37.8 Å². The van der Waals surface area contributed by atoms with Crippen LogP contribution in [0.25, 0.3) is 10.9 Å². The first-order valence-corrected chi connectivity index (χ1v) is 6.71. The summed E-state index contributed by atoms with van der Waals surface area (Å²) in [5.74, 6) is 0. The van der Waals surface area contributed by atoms with Crippen molar-refractivity contribution in [3.05, 3.63) is 53.1 Å². The molecule has 0 aliphatic rings. The monoisotopic (exact) mass is 255 g/mol. The van der Waals surface area contributed by atoms with E-state index in [1.165, 1.54) is 0 Å². The van der Waals surface area contributed by atoms with E-state index in [4.69, 9.17) is 0 Å². The summed E-state index contributed by atoms with van der Waals surface area (Å²) in [5, 5.41) is 7.70. The van der Waals surface area contributed by atoms with Gasteiger partial charge in [-0.2, -0.15) is 0 Å². The Hall–Kier alpha value is -1.94. The largest absolute Gasteiger partial charge is 0.376 e. The zero-order valence-corrected chi connectivity index (χ0v) is 10.8. The molecule has 0 amide bonds. The van der Waals surface area contributed by atoms with Crippen LogP contribution >= 0.6 is 11.3 Å². The van der Waals surface area contributed by atoms with E-state index in [0.29, 0.717) is 0 Å². The third kappa shape index (κ3) is 2.19. The predicted octanol–water partition coefficient (Wildman–Crippen LogP) is 3.86. The molecule has 3 rings (SSSR count). The Morgan fingerprint density at radius 1 is 1.17 bits per heavy atom. The number of anilines is 1. The van der Waals surface area contributed by atoms with Gasteiger partial charge in [0.1, 0.15) is 5.01 Å². The SMILES string of the molecule is CC(Nc1ccc2ncccc2c1)c1nccs1. The van der Waals surface area contributed by atoms with Gasteiger partial charge in [-0.25, -0.2) is 4.98 Å². The number of fused-ring (bicyclic) bond motifs is 1. The summed E-state index contributed by atoms with van der Waals surface area (Å²) < 4.78 is 0. The Bertz CT molecular complexity index is 649. The van der Waals surface area contributed by atoms with Crippen molar-refractivity contribution < 1.29 is 0 Å². The van der Waals surface area contributed by atoms with Gasteiger partial charge >= 0.3 is 0 Å².